The van der Waals surface area contributed by atoms with E-state index in [1.165, 1.54) is 4.88 Å². The van der Waals surface area contributed by atoms with Crippen molar-refractivity contribution in [2.45, 2.75) is 38.1 Å². The summed E-state index contributed by atoms with van der Waals surface area (Å²) >= 11 is 1.81. The maximum Gasteiger partial charge on any atom is 0.222 e. The summed E-state index contributed by atoms with van der Waals surface area (Å²) in [7, 11) is 0. The number of carbonyl (C=O) groups excluding carboxylic acids is 1. The lowest BCUT2D eigenvalue weighted by Crippen LogP contribution is -2.29. The molecule has 0 spiro atoms. The molecule has 5 nitrogen and oxygen atoms in total. The number of nitrogens with one attached hydrogen (secondary N) is 1. The number of carbonyl (C=O) groups is 1. The minimum atomic E-state index is 0.0595. The van der Waals surface area contributed by atoms with Crippen molar-refractivity contribution in [2.24, 2.45) is 5.92 Å². The smallest absolute Gasteiger partial charge is 0.222 e. The lowest BCUT2D eigenvalue weighted by atomic mass is 10.0. The number of aromatic nitrogens is 1. The van der Waals surface area contributed by atoms with E-state index in [4.69, 9.17) is 4.74 Å². The molecular formula is C19H23N3O2S. The van der Waals surface area contributed by atoms with Crippen LogP contribution in [-0.4, -0.2) is 41.1 Å². The molecule has 6 heteroatoms. The van der Waals surface area contributed by atoms with Crippen molar-refractivity contribution in [1.29, 1.82) is 0 Å². The zero-order valence-electron chi connectivity index (χ0n) is 14.1. The summed E-state index contributed by atoms with van der Waals surface area (Å²) in [5, 5.41) is 5.09. The van der Waals surface area contributed by atoms with Gasteiger partial charge >= 0.3 is 0 Å². The number of fused-ring (bicyclic) bond motifs is 1. The summed E-state index contributed by atoms with van der Waals surface area (Å²) in [5.74, 6) is 0.625. The number of ether oxygens (including phenoxy) is 1. The first-order valence-electron chi connectivity index (χ1n) is 8.82. The number of amides is 1. The third kappa shape index (κ3) is 4.26. The number of hydrogen-bond acceptors (Lipinski definition) is 5. The summed E-state index contributed by atoms with van der Waals surface area (Å²) in [6.07, 6.45) is 5.31. The van der Waals surface area contributed by atoms with Gasteiger partial charge in [-0.2, -0.15) is 0 Å². The third-order valence-electron chi connectivity index (χ3n) is 4.97. The van der Waals surface area contributed by atoms with Crippen LogP contribution < -0.4 is 5.32 Å². The minimum Gasteiger partial charge on any atom is -0.373 e. The van der Waals surface area contributed by atoms with E-state index in [9.17, 15) is 4.79 Å². The van der Waals surface area contributed by atoms with Gasteiger partial charge in [0.15, 0.2) is 0 Å². The lowest BCUT2D eigenvalue weighted by molar-refractivity contribution is -0.124. The summed E-state index contributed by atoms with van der Waals surface area (Å²) in [6.45, 7) is 3.61. The molecule has 0 bridgehead atoms. The quantitative estimate of drug-likeness (QED) is 0.863. The maximum absolute atomic E-state index is 12.1. The number of nitrogens with zero attached hydrogens (tertiary/aromatic N) is 2. The molecule has 2 fully saturated rings. The molecule has 0 radical (unpaired) electrons. The van der Waals surface area contributed by atoms with Gasteiger partial charge in [-0.15, -0.1) is 11.3 Å². The van der Waals surface area contributed by atoms with Gasteiger partial charge in [0.25, 0.3) is 0 Å². The van der Waals surface area contributed by atoms with Crippen molar-refractivity contribution >= 4 is 17.2 Å². The Bertz CT molecular complexity index is 678. The van der Waals surface area contributed by atoms with Crippen LogP contribution in [-0.2, 0) is 22.6 Å². The molecule has 2 aromatic rings. The number of thiophene rings is 1. The van der Waals surface area contributed by atoms with Crippen molar-refractivity contribution in [3.8, 4) is 0 Å². The van der Waals surface area contributed by atoms with Crippen LogP contribution in [0.25, 0.3) is 0 Å². The Balaban J connectivity index is 1.20. The third-order valence-corrected chi connectivity index (χ3v) is 5.84. The highest BCUT2D eigenvalue weighted by molar-refractivity contribution is 7.09. The van der Waals surface area contributed by atoms with Crippen LogP contribution in [0.4, 0.5) is 0 Å². The van der Waals surface area contributed by atoms with E-state index in [1.54, 1.807) is 12.4 Å². The molecule has 2 aromatic heterocycles. The predicted octanol–water partition coefficient (Wildman–Crippen LogP) is 2.44. The molecule has 2 saturated heterocycles. The van der Waals surface area contributed by atoms with Crippen molar-refractivity contribution in [3.05, 3.63) is 52.5 Å². The molecule has 3 atom stereocenters. The van der Waals surface area contributed by atoms with Gasteiger partial charge in [0.2, 0.25) is 5.91 Å². The molecule has 2 aliphatic rings. The van der Waals surface area contributed by atoms with Gasteiger partial charge in [-0.1, -0.05) is 12.1 Å². The molecule has 1 N–H and O–H groups in total. The molecule has 0 unspecified atom stereocenters. The Morgan fingerprint density at radius 1 is 1.36 bits per heavy atom. The molecule has 2 aliphatic heterocycles. The standard InChI is InChI=1S/C19H23N3O2S/c23-19(21-10-14-3-1-5-20-9-14)8-16-7-15-11-22(13-18(15)24-16)12-17-4-2-6-25-17/h1-6,9,15-16,18H,7-8,10-13H2,(H,21,23)/t15-,16+,18+/m1/s1. The fraction of sp³-hybridized carbons (Fsp3) is 0.474. The maximum atomic E-state index is 12.1. The number of rotatable bonds is 6. The second-order valence-corrected chi connectivity index (χ2v) is 7.94. The second kappa shape index (κ2) is 7.64. The molecule has 0 aromatic carbocycles. The summed E-state index contributed by atoms with van der Waals surface area (Å²) in [4.78, 5) is 20.1. The van der Waals surface area contributed by atoms with E-state index < -0.39 is 0 Å². The normalized spacial score (nSPS) is 25.8. The molecule has 0 saturated carbocycles. The van der Waals surface area contributed by atoms with Crippen LogP contribution >= 0.6 is 11.3 Å². The highest BCUT2D eigenvalue weighted by atomic mass is 32.1. The monoisotopic (exact) mass is 357 g/mol. The number of hydrogen-bond donors (Lipinski definition) is 1. The van der Waals surface area contributed by atoms with Gasteiger partial charge in [-0.05, 0) is 29.5 Å². The van der Waals surface area contributed by atoms with Crippen LogP contribution in [0, 0.1) is 5.92 Å². The summed E-state index contributed by atoms with van der Waals surface area (Å²) in [6, 6.07) is 8.14. The highest BCUT2D eigenvalue weighted by Gasteiger charge is 2.42. The Labute approximate surface area is 152 Å². The molecule has 4 heterocycles. The van der Waals surface area contributed by atoms with Gasteiger partial charge in [0.1, 0.15) is 0 Å². The Hall–Kier alpha value is -1.76. The first-order valence-corrected chi connectivity index (χ1v) is 9.70. The topological polar surface area (TPSA) is 54.5 Å². The molecular weight excluding hydrogens is 334 g/mol. The van der Waals surface area contributed by atoms with E-state index in [0.29, 0.717) is 18.9 Å². The fourth-order valence-electron chi connectivity index (χ4n) is 3.81. The van der Waals surface area contributed by atoms with Crippen LogP contribution in [0.3, 0.4) is 0 Å². The zero-order valence-corrected chi connectivity index (χ0v) is 15.0. The van der Waals surface area contributed by atoms with Crippen LogP contribution in [0.5, 0.6) is 0 Å². The average Bonchev–Trinajstić information content (AvgIpc) is 3.31. The Morgan fingerprint density at radius 3 is 3.08 bits per heavy atom. The first kappa shape index (κ1) is 16.7. The Kier molecular flexibility index (Phi) is 5.10. The van der Waals surface area contributed by atoms with Crippen LogP contribution in [0.1, 0.15) is 23.3 Å². The molecule has 132 valence electrons. The van der Waals surface area contributed by atoms with Gasteiger partial charge in [-0.3, -0.25) is 14.7 Å². The molecule has 0 aliphatic carbocycles. The number of likely N-dealkylation sites (tertiary alicyclic amines) is 1. The zero-order chi connectivity index (χ0) is 17.1. The van der Waals surface area contributed by atoms with Crippen molar-refractivity contribution in [2.75, 3.05) is 13.1 Å². The van der Waals surface area contributed by atoms with Crippen LogP contribution in [0.2, 0.25) is 0 Å². The summed E-state index contributed by atoms with van der Waals surface area (Å²) < 4.78 is 6.15. The van der Waals surface area contributed by atoms with E-state index in [-0.39, 0.29) is 18.1 Å². The van der Waals surface area contributed by atoms with Crippen molar-refractivity contribution in [3.63, 3.8) is 0 Å². The van der Waals surface area contributed by atoms with Gasteiger partial charge < -0.3 is 10.1 Å². The number of pyridine rings is 1. The minimum absolute atomic E-state index is 0.0595. The van der Waals surface area contributed by atoms with Gasteiger partial charge in [0, 0.05) is 49.4 Å². The largest absolute Gasteiger partial charge is 0.373 e. The van der Waals surface area contributed by atoms with E-state index in [2.05, 4.69) is 32.7 Å². The summed E-state index contributed by atoms with van der Waals surface area (Å²) in [5.41, 5.74) is 1.02. The van der Waals surface area contributed by atoms with E-state index in [1.807, 2.05) is 23.5 Å². The SMILES string of the molecule is O=C(C[C@@H]1C[C@@H]2CN(Cc3cccs3)C[C@@H]2O1)NCc1cccnc1. The fourth-order valence-corrected chi connectivity index (χ4v) is 4.56. The van der Waals surface area contributed by atoms with Crippen molar-refractivity contribution < 1.29 is 9.53 Å². The van der Waals surface area contributed by atoms with Crippen LogP contribution in [0.15, 0.2) is 42.0 Å². The Morgan fingerprint density at radius 2 is 2.32 bits per heavy atom. The molecule has 1 amide bonds. The van der Waals surface area contributed by atoms with Crippen molar-refractivity contribution in [1.82, 2.24) is 15.2 Å². The van der Waals surface area contributed by atoms with E-state index >= 15 is 0 Å². The average molecular weight is 357 g/mol. The lowest BCUT2D eigenvalue weighted by Gasteiger charge is -2.18. The first-order chi connectivity index (χ1) is 12.3. The molecule has 25 heavy (non-hydrogen) atoms. The van der Waals surface area contributed by atoms with Gasteiger partial charge in [-0.25, -0.2) is 0 Å². The second-order valence-electron chi connectivity index (χ2n) is 6.91. The van der Waals surface area contributed by atoms with E-state index in [0.717, 1.165) is 31.6 Å². The highest BCUT2D eigenvalue weighted by Crippen LogP contribution is 2.35. The predicted molar refractivity (Wildman–Crippen MR) is 97.1 cm³/mol. The molecule has 4 rings (SSSR count). The van der Waals surface area contributed by atoms with Gasteiger partial charge in [0.05, 0.1) is 18.6 Å².